The van der Waals surface area contributed by atoms with Crippen LogP contribution in [-0.2, 0) is 4.79 Å². The number of carboxylic acids is 1. The maximum absolute atomic E-state index is 10.3. The van der Waals surface area contributed by atoms with Crippen LogP contribution in [0.15, 0.2) is 24.3 Å². The van der Waals surface area contributed by atoms with E-state index in [2.05, 4.69) is 0 Å². The predicted molar refractivity (Wildman–Crippen MR) is 52.3 cm³/mol. The highest BCUT2D eigenvalue weighted by atomic mass is 35.5. The Morgan fingerprint density at radius 1 is 1.50 bits per heavy atom. The Balaban J connectivity index is 2.51. The van der Waals surface area contributed by atoms with Crippen molar-refractivity contribution in [3.63, 3.8) is 0 Å². The van der Waals surface area contributed by atoms with Gasteiger partial charge in [0.05, 0.1) is 6.42 Å². The summed E-state index contributed by atoms with van der Waals surface area (Å²) in [6.45, 7) is 0. The molecule has 1 atom stereocenters. The van der Waals surface area contributed by atoms with E-state index in [-0.39, 0.29) is 6.42 Å². The lowest BCUT2D eigenvalue weighted by Gasteiger charge is -2.11. The van der Waals surface area contributed by atoms with Crippen molar-refractivity contribution in [2.45, 2.75) is 12.6 Å². The maximum atomic E-state index is 10.3. The fourth-order valence-corrected chi connectivity index (χ4v) is 1.03. The molecule has 0 aliphatic rings. The molecule has 0 aliphatic heterocycles. The summed E-state index contributed by atoms with van der Waals surface area (Å²) in [5, 5.41) is 9.01. The van der Waals surface area contributed by atoms with Gasteiger partial charge in [-0.25, -0.2) is 0 Å². The van der Waals surface area contributed by atoms with Crippen molar-refractivity contribution in [3.8, 4) is 5.75 Å². The van der Waals surface area contributed by atoms with Crippen LogP contribution in [0.1, 0.15) is 6.42 Å². The second kappa shape index (κ2) is 4.83. The van der Waals surface area contributed by atoms with Crippen molar-refractivity contribution >= 4 is 17.6 Å². The summed E-state index contributed by atoms with van der Waals surface area (Å²) >= 11 is 5.65. The van der Waals surface area contributed by atoms with Gasteiger partial charge in [-0.2, -0.15) is 0 Å². The summed E-state index contributed by atoms with van der Waals surface area (Å²) in [6.07, 6.45) is -1.07. The number of hydrogen-bond acceptors (Lipinski definition) is 3. The van der Waals surface area contributed by atoms with Crippen LogP contribution < -0.4 is 10.5 Å². The van der Waals surface area contributed by atoms with E-state index in [0.29, 0.717) is 10.8 Å². The topological polar surface area (TPSA) is 72.6 Å². The molecular formula is C9H10ClNO3. The Morgan fingerprint density at radius 3 is 2.57 bits per heavy atom. The van der Waals surface area contributed by atoms with Crippen molar-refractivity contribution in [3.05, 3.63) is 29.3 Å². The zero-order valence-electron chi connectivity index (χ0n) is 7.31. The molecule has 1 unspecified atom stereocenters. The van der Waals surface area contributed by atoms with Crippen LogP contribution in [0.3, 0.4) is 0 Å². The van der Waals surface area contributed by atoms with Gasteiger partial charge in [0.25, 0.3) is 0 Å². The molecule has 0 aliphatic carbocycles. The Hall–Kier alpha value is -1.26. The predicted octanol–water partition coefficient (Wildman–Crippen LogP) is 1.48. The van der Waals surface area contributed by atoms with E-state index in [1.807, 2.05) is 0 Å². The number of aliphatic carboxylic acids is 1. The molecule has 1 aromatic rings. The van der Waals surface area contributed by atoms with Crippen molar-refractivity contribution in [2.75, 3.05) is 0 Å². The summed E-state index contributed by atoms with van der Waals surface area (Å²) < 4.78 is 5.12. The molecule has 14 heavy (non-hydrogen) atoms. The number of rotatable bonds is 4. The third-order valence-corrected chi connectivity index (χ3v) is 1.73. The van der Waals surface area contributed by atoms with E-state index in [0.717, 1.165) is 0 Å². The average Bonchev–Trinajstić information content (AvgIpc) is 2.07. The third-order valence-electron chi connectivity index (χ3n) is 1.48. The Bertz CT molecular complexity index is 312. The molecule has 4 nitrogen and oxygen atoms in total. The van der Waals surface area contributed by atoms with Gasteiger partial charge < -0.3 is 9.84 Å². The monoisotopic (exact) mass is 215 g/mol. The fraction of sp³-hybridized carbons (Fsp3) is 0.222. The summed E-state index contributed by atoms with van der Waals surface area (Å²) in [4.78, 5) is 10.3. The second-order valence-corrected chi connectivity index (χ2v) is 3.14. The van der Waals surface area contributed by atoms with E-state index in [9.17, 15) is 4.79 Å². The Labute approximate surface area is 86.2 Å². The summed E-state index contributed by atoms with van der Waals surface area (Å²) in [5.74, 6) is -0.491. The minimum Gasteiger partial charge on any atom is -0.481 e. The van der Waals surface area contributed by atoms with Gasteiger partial charge in [0.15, 0.2) is 6.23 Å². The number of carboxylic acid groups (broad SMARTS) is 1. The molecule has 76 valence electrons. The Morgan fingerprint density at radius 2 is 2.07 bits per heavy atom. The number of hydrogen-bond donors (Lipinski definition) is 2. The molecule has 0 bridgehead atoms. The van der Waals surface area contributed by atoms with Gasteiger partial charge in [0.2, 0.25) is 0 Å². The molecule has 0 saturated heterocycles. The van der Waals surface area contributed by atoms with Crippen LogP contribution >= 0.6 is 11.6 Å². The van der Waals surface area contributed by atoms with Gasteiger partial charge in [-0.1, -0.05) is 11.6 Å². The number of halogens is 1. The van der Waals surface area contributed by atoms with Gasteiger partial charge >= 0.3 is 5.97 Å². The van der Waals surface area contributed by atoms with Crippen molar-refractivity contribution in [1.29, 1.82) is 0 Å². The standard InChI is InChI=1S/C9H10ClNO3/c10-6-1-3-7(4-2-6)14-8(11)5-9(12)13/h1-4,8H,5,11H2,(H,12,13). The first-order chi connectivity index (χ1) is 6.58. The van der Waals surface area contributed by atoms with Crippen LogP contribution in [0.25, 0.3) is 0 Å². The van der Waals surface area contributed by atoms with Gasteiger partial charge in [0.1, 0.15) is 5.75 Å². The van der Waals surface area contributed by atoms with E-state index < -0.39 is 12.2 Å². The van der Waals surface area contributed by atoms with Crippen molar-refractivity contribution in [1.82, 2.24) is 0 Å². The van der Waals surface area contributed by atoms with Crippen LogP contribution in [0.4, 0.5) is 0 Å². The molecular weight excluding hydrogens is 206 g/mol. The van der Waals surface area contributed by atoms with Crippen LogP contribution in [0.5, 0.6) is 5.75 Å². The molecule has 0 heterocycles. The third kappa shape index (κ3) is 3.64. The summed E-state index contributed by atoms with van der Waals surface area (Å²) in [6, 6.07) is 6.54. The van der Waals surface area contributed by atoms with Gasteiger partial charge in [-0.05, 0) is 24.3 Å². The molecule has 0 fully saturated rings. The van der Waals surface area contributed by atoms with Gasteiger partial charge in [-0.15, -0.1) is 0 Å². The summed E-state index contributed by atoms with van der Waals surface area (Å²) in [7, 11) is 0. The van der Waals surface area contributed by atoms with Crippen LogP contribution in [0, 0.1) is 0 Å². The Kier molecular flexibility index (Phi) is 3.73. The largest absolute Gasteiger partial charge is 0.481 e. The highest BCUT2D eigenvalue weighted by Gasteiger charge is 2.08. The van der Waals surface area contributed by atoms with E-state index in [4.69, 9.17) is 27.2 Å². The first-order valence-corrected chi connectivity index (χ1v) is 4.35. The lowest BCUT2D eigenvalue weighted by atomic mass is 10.3. The van der Waals surface area contributed by atoms with Crippen molar-refractivity contribution < 1.29 is 14.6 Å². The average molecular weight is 216 g/mol. The number of carbonyl (C=O) groups is 1. The normalized spacial score (nSPS) is 12.1. The van der Waals surface area contributed by atoms with E-state index in [1.165, 1.54) is 0 Å². The lowest BCUT2D eigenvalue weighted by Crippen LogP contribution is -2.29. The van der Waals surface area contributed by atoms with Gasteiger partial charge in [-0.3, -0.25) is 10.5 Å². The highest BCUT2D eigenvalue weighted by molar-refractivity contribution is 6.30. The number of ether oxygens (including phenoxy) is 1. The lowest BCUT2D eigenvalue weighted by molar-refractivity contribution is -0.138. The molecule has 0 amide bonds. The smallest absolute Gasteiger partial charge is 0.308 e. The first kappa shape index (κ1) is 10.8. The molecule has 1 rings (SSSR count). The zero-order valence-corrected chi connectivity index (χ0v) is 8.07. The molecule has 0 radical (unpaired) electrons. The second-order valence-electron chi connectivity index (χ2n) is 2.71. The van der Waals surface area contributed by atoms with Crippen LogP contribution in [0.2, 0.25) is 5.02 Å². The first-order valence-electron chi connectivity index (χ1n) is 3.97. The van der Waals surface area contributed by atoms with Crippen LogP contribution in [-0.4, -0.2) is 17.3 Å². The van der Waals surface area contributed by atoms with E-state index in [1.54, 1.807) is 24.3 Å². The minimum atomic E-state index is -0.994. The molecule has 1 aromatic carbocycles. The molecule has 0 saturated carbocycles. The number of nitrogens with two attached hydrogens (primary N) is 1. The number of benzene rings is 1. The molecule has 0 aromatic heterocycles. The zero-order chi connectivity index (χ0) is 10.6. The highest BCUT2D eigenvalue weighted by Crippen LogP contribution is 2.16. The maximum Gasteiger partial charge on any atom is 0.308 e. The van der Waals surface area contributed by atoms with E-state index >= 15 is 0 Å². The SMILES string of the molecule is NC(CC(=O)O)Oc1ccc(Cl)cc1. The molecule has 0 spiro atoms. The molecule has 5 heteroatoms. The fourth-order valence-electron chi connectivity index (χ4n) is 0.902. The quantitative estimate of drug-likeness (QED) is 0.747. The van der Waals surface area contributed by atoms with Crippen molar-refractivity contribution in [2.24, 2.45) is 5.73 Å². The summed E-state index contributed by atoms with van der Waals surface area (Å²) in [5.41, 5.74) is 5.41. The minimum absolute atomic E-state index is 0.234. The molecule has 3 N–H and O–H groups in total. The van der Waals surface area contributed by atoms with Gasteiger partial charge in [0, 0.05) is 5.02 Å².